The quantitative estimate of drug-likeness (QED) is 0.817. The summed E-state index contributed by atoms with van der Waals surface area (Å²) in [6.45, 7) is 5.66. The average Bonchev–Trinajstić information content (AvgIpc) is 3.09. The molecule has 0 amide bonds. The minimum Gasteiger partial charge on any atom is -0.379 e. The summed E-state index contributed by atoms with van der Waals surface area (Å²) in [6.07, 6.45) is 4.03. The third-order valence-corrected chi connectivity index (χ3v) is 5.42. The third-order valence-electron chi connectivity index (χ3n) is 4.17. The Bertz CT molecular complexity index is 462. The number of benzene rings is 1. The molecule has 19 heavy (non-hydrogen) atoms. The SMILES string of the molecule is Cc1cc(Br)c(NC2CC(C)N(C3CC3)C2)c(Br)c1. The van der Waals surface area contributed by atoms with Gasteiger partial charge in [-0.2, -0.15) is 0 Å². The number of hydrogen-bond acceptors (Lipinski definition) is 2. The molecule has 3 rings (SSSR count). The molecule has 1 aromatic rings. The first-order valence-corrected chi connectivity index (χ1v) is 8.61. The van der Waals surface area contributed by atoms with E-state index in [9.17, 15) is 0 Å². The fourth-order valence-electron chi connectivity index (χ4n) is 3.12. The van der Waals surface area contributed by atoms with E-state index >= 15 is 0 Å². The second-order valence-corrected chi connectivity index (χ2v) is 7.67. The second kappa shape index (κ2) is 5.38. The highest BCUT2D eigenvalue weighted by atomic mass is 79.9. The largest absolute Gasteiger partial charge is 0.379 e. The molecule has 1 N–H and O–H groups in total. The van der Waals surface area contributed by atoms with E-state index in [1.165, 1.54) is 37.1 Å². The number of likely N-dealkylation sites (tertiary alicyclic amines) is 1. The van der Waals surface area contributed by atoms with Gasteiger partial charge in [0.25, 0.3) is 0 Å². The summed E-state index contributed by atoms with van der Waals surface area (Å²) in [4.78, 5) is 2.67. The minimum absolute atomic E-state index is 0.561. The number of nitrogens with one attached hydrogen (secondary N) is 1. The summed E-state index contributed by atoms with van der Waals surface area (Å²) in [5.74, 6) is 0. The number of halogens is 2. The Balaban J connectivity index is 1.72. The van der Waals surface area contributed by atoms with Gasteiger partial charge in [-0.15, -0.1) is 0 Å². The van der Waals surface area contributed by atoms with Gasteiger partial charge in [0, 0.05) is 33.6 Å². The van der Waals surface area contributed by atoms with Crippen molar-refractivity contribution in [3.05, 3.63) is 26.6 Å². The lowest BCUT2D eigenvalue weighted by Gasteiger charge is -2.20. The van der Waals surface area contributed by atoms with Crippen LogP contribution in [-0.4, -0.2) is 29.6 Å². The molecule has 2 aliphatic rings. The lowest BCUT2D eigenvalue weighted by Crippen LogP contribution is -2.31. The molecule has 1 aliphatic carbocycles. The lowest BCUT2D eigenvalue weighted by atomic mass is 10.1. The van der Waals surface area contributed by atoms with Crippen LogP contribution >= 0.6 is 31.9 Å². The van der Waals surface area contributed by atoms with Crippen molar-refractivity contribution in [2.45, 2.75) is 51.2 Å². The maximum Gasteiger partial charge on any atom is 0.0631 e. The van der Waals surface area contributed by atoms with Crippen LogP contribution in [0.5, 0.6) is 0 Å². The van der Waals surface area contributed by atoms with Crippen LogP contribution in [0.25, 0.3) is 0 Å². The van der Waals surface area contributed by atoms with Gasteiger partial charge in [-0.05, 0) is 82.7 Å². The standard InChI is InChI=1S/C15H20Br2N2/c1-9-5-13(16)15(14(17)6-9)18-11-7-10(2)19(8-11)12-3-4-12/h5-6,10-12,18H,3-4,7-8H2,1-2H3. The van der Waals surface area contributed by atoms with Gasteiger partial charge in [0.1, 0.15) is 0 Å². The molecule has 104 valence electrons. The Morgan fingerprint density at radius 3 is 2.42 bits per heavy atom. The van der Waals surface area contributed by atoms with Crippen LogP contribution < -0.4 is 5.32 Å². The molecular weight excluding hydrogens is 368 g/mol. The predicted octanol–water partition coefficient (Wildman–Crippen LogP) is 4.56. The van der Waals surface area contributed by atoms with Gasteiger partial charge in [0.15, 0.2) is 0 Å². The third kappa shape index (κ3) is 3.01. The predicted molar refractivity (Wildman–Crippen MR) is 87.8 cm³/mol. The second-order valence-electron chi connectivity index (χ2n) is 5.96. The Kier molecular flexibility index (Phi) is 3.93. The minimum atomic E-state index is 0.561. The van der Waals surface area contributed by atoms with Crippen molar-refractivity contribution in [3.8, 4) is 0 Å². The van der Waals surface area contributed by atoms with E-state index in [0.717, 1.165) is 15.0 Å². The van der Waals surface area contributed by atoms with E-state index in [0.29, 0.717) is 12.1 Å². The summed E-state index contributed by atoms with van der Waals surface area (Å²) in [6, 6.07) is 6.49. The summed E-state index contributed by atoms with van der Waals surface area (Å²) in [5.41, 5.74) is 2.46. The molecule has 2 nitrogen and oxygen atoms in total. The van der Waals surface area contributed by atoms with Gasteiger partial charge < -0.3 is 5.32 Å². The van der Waals surface area contributed by atoms with Gasteiger partial charge in [0.05, 0.1) is 5.69 Å². The molecule has 0 bridgehead atoms. The molecule has 0 radical (unpaired) electrons. The smallest absolute Gasteiger partial charge is 0.0631 e. The van der Waals surface area contributed by atoms with E-state index in [1.54, 1.807) is 0 Å². The van der Waals surface area contributed by atoms with E-state index in [4.69, 9.17) is 0 Å². The molecule has 2 unspecified atom stereocenters. The normalized spacial score (nSPS) is 27.8. The van der Waals surface area contributed by atoms with E-state index < -0.39 is 0 Å². The fraction of sp³-hybridized carbons (Fsp3) is 0.600. The molecule has 4 heteroatoms. The van der Waals surface area contributed by atoms with Crippen LogP contribution in [0.4, 0.5) is 5.69 Å². The van der Waals surface area contributed by atoms with Crippen LogP contribution in [0.15, 0.2) is 21.1 Å². The van der Waals surface area contributed by atoms with Crippen molar-refractivity contribution < 1.29 is 0 Å². The fourth-order valence-corrected chi connectivity index (χ4v) is 4.76. The molecule has 1 heterocycles. The first-order valence-electron chi connectivity index (χ1n) is 7.02. The summed E-state index contributed by atoms with van der Waals surface area (Å²) < 4.78 is 2.30. The Labute approximate surface area is 132 Å². The number of rotatable bonds is 3. The van der Waals surface area contributed by atoms with Gasteiger partial charge in [-0.1, -0.05) is 0 Å². The highest BCUT2D eigenvalue weighted by Crippen LogP contribution is 2.37. The van der Waals surface area contributed by atoms with Crippen molar-refractivity contribution in [1.82, 2.24) is 4.90 Å². The zero-order valence-corrected chi connectivity index (χ0v) is 14.6. The first-order chi connectivity index (χ1) is 9.04. The number of hydrogen-bond donors (Lipinski definition) is 1. The Morgan fingerprint density at radius 1 is 1.21 bits per heavy atom. The van der Waals surface area contributed by atoms with Crippen LogP contribution in [0, 0.1) is 6.92 Å². The van der Waals surface area contributed by atoms with Crippen LogP contribution in [0.2, 0.25) is 0 Å². The summed E-state index contributed by atoms with van der Waals surface area (Å²) >= 11 is 7.34. The molecule has 2 atom stereocenters. The van der Waals surface area contributed by atoms with Crippen LogP contribution in [0.3, 0.4) is 0 Å². The van der Waals surface area contributed by atoms with Crippen LogP contribution in [-0.2, 0) is 0 Å². The monoisotopic (exact) mass is 386 g/mol. The maximum absolute atomic E-state index is 3.71. The molecule has 0 spiro atoms. The summed E-state index contributed by atoms with van der Waals surface area (Å²) in [7, 11) is 0. The van der Waals surface area contributed by atoms with Gasteiger partial charge in [-0.25, -0.2) is 0 Å². The average molecular weight is 388 g/mol. The van der Waals surface area contributed by atoms with Gasteiger partial charge >= 0.3 is 0 Å². The molecule has 0 aromatic heterocycles. The Morgan fingerprint density at radius 2 is 1.84 bits per heavy atom. The number of anilines is 1. The lowest BCUT2D eigenvalue weighted by molar-refractivity contribution is 0.257. The summed E-state index contributed by atoms with van der Waals surface area (Å²) in [5, 5.41) is 3.71. The maximum atomic E-state index is 3.71. The zero-order chi connectivity index (χ0) is 13.6. The van der Waals surface area contributed by atoms with Crippen molar-refractivity contribution in [3.63, 3.8) is 0 Å². The van der Waals surface area contributed by atoms with Gasteiger partial charge in [-0.3, -0.25) is 4.90 Å². The van der Waals surface area contributed by atoms with Crippen molar-refractivity contribution in [2.24, 2.45) is 0 Å². The zero-order valence-electron chi connectivity index (χ0n) is 11.4. The highest BCUT2D eigenvalue weighted by Gasteiger charge is 2.38. The highest BCUT2D eigenvalue weighted by molar-refractivity contribution is 9.11. The van der Waals surface area contributed by atoms with E-state index in [1.807, 2.05) is 0 Å². The molecular formula is C15H20Br2N2. The van der Waals surface area contributed by atoms with Crippen molar-refractivity contribution >= 4 is 37.5 Å². The molecule has 2 fully saturated rings. The molecule has 1 aliphatic heterocycles. The topological polar surface area (TPSA) is 15.3 Å². The molecule has 1 saturated carbocycles. The van der Waals surface area contributed by atoms with E-state index in [2.05, 4.69) is 68.1 Å². The molecule has 1 aromatic carbocycles. The van der Waals surface area contributed by atoms with Gasteiger partial charge in [0.2, 0.25) is 0 Å². The number of nitrogens with zero attached hydrogens (tertiary/aromatic N) is 1. The van der Waals surface area contributed by atoms with Crippen molar-refractivity contribution in [1.29, 1.82) is 0 Å². The van der Waals surface area contributed by atoms with E-state index in [-0.39, 0.29) is 0 Å². The number of aryl methyl sites for hydroxylation is 1. The van der Waals surface area contributed by atoms with Crippen LogP contribution in [0.1, 0.15) is 31.7 Å². The van der Waals surface area contributed by atoms with Crippen molar-refractivity contribution in [2.75, 3.05) is 11.9 Å². The first kappa shape index (κ1) is 13.9. The Hall–Kier alpha value is -0.0600. The molecule has 1 saturated heterocycles.